The number of aliphatic imine (C=N–C) groups is 1. The SMILES string of the molecule is CCNC(=NCCCCOCC)NCCOc1cccc(Br)c1. The summed E-state index contributed by atoms with van der Waals surface area (Å²) in [6.07, 6.45) is 2.08. The lowest BCUT2D eigenvalue weighted by Gasteiger charge is -2.12. The number of benzene rings is 1. The van der Waals surface area contributed by atoms with Crippen molar-refractivity contribution in [1.29, 1.82) is 0 Å². The molecule has 0 aliphatic rings. The number of ether oxygens (including phenoxy) is 2. The Bertz CT molecular complexity index is 455. The molecule has 0 aliphatic carbocycles. The van der Waals surface area contributed by atoms with E-state index in [1.165, 1.54) is 0 Å². The van der Waals surface area contributed by atoms with E-state index >= 15 is 0 Å². The molecule has 130 valence electrons. The van der Waals surface area contributed by atoms with E-state index in [1.54, 1.807) is 0 Å². The van der Waals surface area contributed by atoms with Crippen molar-refractivity contribution in [2.75, 3.05) is 39.5 Å². The lowest BCUT2D eigenvalue weighted by atomic mass is 10.3. The molecule has 0 aliphatic heterocycles. The van der Waals surface area contributed by atoms with Crippen molar-refractivity contribution in [1.82, 2.24) is 10.6 Å². The summed E-state index contributed by atoms with van der Waals surface area (Å²) in [6, 6.07) is 7.84. The smallest absolute Gasteiger partial charge is 0.191 e. The summed E-state index contributed by atoms with van der Waals surface area (Å²) < 4.78 is 12.0. The van der Waals surface area contributed by atoms with Crippen LogP contribution in [0.1, 0.15) is 26.7 Å². The number of halogens is 1. The van der Waals surface area contributed by atoms with Gasteiger partial charge in [-0.1, -0.05) is 22.0 Å². The average molecular weight is 386 g/mol. The van der Waals surface area contributed by atoms with Gasteiger partial charge >= 0.3 is 0 Å². The minimum absolute atomic E-state index is 0.588. The van der Waals surface area contributed by atoms with Gasteiger partial charge in [-0.2, -0.15) is 0 Å². The van der Waals surface area contributed by atoms with E-state index in [0.717, 1.165) is 55.3 Å². The Hall–Kier alpha value is -1.27. The largest absolute Gasteiger partial charge is 0.492 e. The molecule has 0 amide bonds. The Morgan fingerprint density at radius 3 is 2.78 bits per heavy atom. The van der Waals surface area contributed by atoms with Gasteiger partial charge in [0.05, 0.1) is 6.54 Å². The van der Waals surface area contributed by atoms with Crippen LogP contribution in [-0.2, 0) is 4.74 Å². The molecule has 0 radical (unpaired) electrons. The van der Waals surface area contributed by atoms with E-state index in [2.05, 4.69) is 38.5 Å². The van der Waals surface area contributed by atoms with Gasteiger partial charge in [0.25, 0.3) is 0 Å². The lowest BCUT2D eigenvalue weighted by Crippen LogP contribution is -2.39. The first-order valence-corrected chi connectivity index (χ1v) is 9.03. The molecular weight excluding hydrogens is 358 g/mol. The van der Waals surface area contributed by atoms with Crippen molar-refractivity contribution in [2.45, 2.75) is 26.7 Å². The zero-order valence-corrected chi connectivity index (χ0v) is 15.7. The van der Waals surface area contributed by atoms with Crippen LogP contribution in [0.2, 0.25) is 0 Å². The fourth-order valence-electron chi connectivity index (χ4n) is 1.89. The van der Waals surface area contributed by atoms with Crippen LogP contribution in [0.3, 0.4) is 0 Å². The lowest BCUT2D eigenvalue weighted by molar-refractivity contribution is 0.144. The van der Waals surface area contributed by atoms with Gasteiger partial charge in [-0.15, -0.1) is 0 Å². The standard InChI is InChI=1S/C17H28BrN3O2/c1-3-19-17(20-10-5-6-12-22-4-2)21-11-13-23-16-9-7-8-15(18)14-16/h7-9,14H,3-6,10-13H2,1-2H3,(H2,19,20,21). The summed E-state index contributed by atoms with van der Waals surface area (Å²) in [5.74, 6) is 1.70. The second kappa shape index (κ2) is 13.2. The van der Waals surface area contributed by atoms with E-state index in [1.807, 2.05) is 31.2 Å². The van der Waals surface area contributed by atoms with Gasteiger partial charge in [-0.25, -0.2) is 0 Å². The van der Waals surface area contributed by atoms with Crippen LogP contribution >= 0.6 is 15.9 Å². The minimum atomic E-state index is 0.588. The highest BCUT2D eigenvalue weighted by Crippen LogP contribution is 2.17. The van der Waals surface area contributed by atoms with E-state index in [0.29, 0.717) is 13.2 Å². The Morgan fingerprint density at radius 1 is 1.17 bits per heavy atom. The van der Waals surface area contributed by atoms with Crippen LogP contribution in [0.15, 0.2) is 33.7 Å². The van der Waals surface area contributed by atoms with Crippen LogP contribution < -0.4 is 15.4 Å². The maximum absolute atomic E-state index is 5.69. The van der Waals surface area contributed by atoms with E-state index < -0.39 is 0 Å². The molecule has 5 nitrogen and oxygen atoms in total. The Kier molecular flexibility index (Phi) is 11.3. The fraction of sp³-hybridized carbons (Fsp3) is 0.588. The van der Waals surface area contributed by atoms with Crippen LogP contribution in [-0.4, -0.2) is 45.4 Å². The van der Waals surface area contributed by atoms with Gasteiger partial charge in [0.1, 0.15) is 12.4 Å². The monoisotopic (exact) mass is 385 g/mol. The van der Waals surface area contributed by atoms with Gasteiger partial charge in [0.15, 0.2) is 5.96 Å². The first kappa shape index (κ1) is 19.8. The molecule has 0 fully saturated rings. The molecule has 1 aromatic carbocycles. The number of hydrogen-bond acceptors (Lipinski definition) is 3. The molecular formula is C17H28BrN3O2. The predicted molar refractivity (Wildman–Crippen MR) is 99.3 cm³/mol. The first-order valence-electron chi connectivity index (χ1n) is 8.24. The Labute approximate surface area is 148 Å². The molecule has 1 aromatic rings. The highest BCUT2D eigenvalue weighted by molar-refractivity contribution is 9.10. The van der Waals surface area contributed by atoms with Crippen LogP contribution in [0.5, 0.6) is 5.75 Å². The van der Waals surface area contributed by atoms with Crippen molar-refractivity contribution >= 4 is 21.9 Å². The molecule has 0 atom stereocenters. The third-order valence-corrected chi connectivity index (χ3v) is 3.47. The van der Waals surface area contributed by atoms with E-state index in [4.69, 9.17) is 9.47 Å². The number of rotatable bonds is 11. The van der Waals surface area contributed by atoms with Crippen molar-refractivity contribution in [3.05, 3.63) is 28.7 Å². The highest BCUT2D eigenvalue weighted by atomic mass is 79.9. The number of nitrogens with zero attached hydrogens (tertiary/aromatic N) is 1. The zero-order chi connectivity index (χ0) is 16.8. The number of hydrogen-bond donors (Lipinski definition) is 2. The van der Waals surface area contributed by atoms with Crippen LogP contribution in [0, 0.1) is 0 Å². The summed E-state index contributed by atoms with van der Waals surface area (Å²) in [4.78, 5) is 4.55. The van der Waals surface area contributed by atoms with Crippen molar-refractivity contribution in [3.63, 3.8) is 0 Å². The second-order valence-corrected chi connectivity index (χ2v) is 5.81. The molecule has 0 spiro atoms. The summed E-state index contributed by atoms with van der Waals surface area (Å²) in [7, 11) is 0. The third kappa shape index (κ3) is 10.2. The predicted octanol–water partition coefficient (Wildman–Crippen LogP) is 3.20. The number of unbranched alkanes of at least 4 members (excludes halogenated alkanes) is 1. The molecule has 1 rings (SSSR count). The molecule has 0 unspecified atom stereocenters. The summed E-state index contributed by atoms with van der Waals surface area (Å²) in [6.45, 7) is 8.61. The van der Waals surface area contributed by atoms with Gasteiger partial charge in [0.2, 0.25) is 0 Å². The summed E-state index contributed by atoms with van der Waals surface area (Å²) in [5.41, 5.74) is 0. The van der Waals surface area contributed by atoms with Gasteiger partial charge in [-0.3, -0.25) is 4.99 Å². The van der Waals surface area contributed by atoms with Crippen LogP contribution in [0.25, 0.3) is 0 Å². The molecule has 2 N–H and O–H groups in total. The minimum Gasteiger partial charge on any atom is -0.492 e. The molecule has 0 saturated heterocycles. The van der Waals surface area contributed by atoms with Crippen LogP contribution in [0.4, 0.5) is 0 Å². The number of nitrogens with one attached hydrogen (secondary N) is 2. The van der Waals surface area contributed by atoms with E-state index in [9.17, 15) is 0 Å². The van der Waals surface area contributed by atoms with Crippen molar-refractivity contribution in [2.24, 2.45) is 4.99 Å². The van der Waals surface area contributed by atoms with Gasteiger partial charge in [0, 0.05) is 30.8 Å². The second-order valence-electron chi connectivity index (χ2n) is 4.90. The Balaban J connectivity index is 2.21. The third-order valence-electron chi connectivity index (χ3n) is 2.97. The Morgan fingerprint density at radius 2 is 2.04 bits per heavy atom. The molecule has 0 heterocycles. The molecule has 23 heavy (non-hydrogen) atoms. The zero-order valence-electron chi connectivity index (χ0n) is 14.1. The molecule has 0 aromatic heterocycles. The maximum atomic E-state index is 5.69. The summed E-state index contributed by atoms with van der Waals surface area (Å²) in [5, 5.41) is 6.52. The van der Waals surface area contributed by atoms with Gasteiger partial charge < -0.3 is 20.1 Å². The quantitative estimate of drug-likeness (QED) is 0.348. The summed E-state index contributed by atoms with van der Waals surface area (Å²) >= 11 is 3.43. The average Bonchev–Trinajstić information content (AvgIpc) is 2.54. The van der Waals surface area contributed by atoms with Gasteiger partial charge in [-0.05, 0) is 44.9 Å². The number of guanidine groups is 1. The normalized spacial score (nSPS) is 11.3. The topological polar surface area (TPSA) is 54.9 Å². The first-order chi connectivity index (χ1) is 11.3. The maximum Gasteiger partial charge on any atom is 0.191 e. The molecule has 0 bridgehead atoms. The van der Waals surface area contributed by atoms with Crippen molar-refractivity contribution < 1.29 is 9.47 Å². The fourth-order valence-corrected chi connectivity index (χ4v) is 2.27. The van der Waals surface area contributed by atoms with Crippen molar-refractivity contribution in [3.8, 4) is 5.75 Å². The van der Waals surface area contributed by atoms with E-state index in [-0.39, 0.29) is 0 Å². The molecule has 6 heteroatoms. The molecule has 0 saturated carbocycles. The highest BCUT2D eigenvalue weighted by Gasteiger charge is 1.98.